The first kappa shape index (κ1) is 26.6. The first-order valence-electron chi connectivity index (χ1n) is 13.5. The third-order valence-electron chi connectivity index (χ3n) is 7.27. The highest BCUT2D eigenvalue weighted by atomic mass is 16.6. The van der Waals surface area contributed by atoms with Gasteiger partial charge in [0.1, 0.15) is 6.10 Å². The normalized spacial score (nSPS) is 18.3. The van der Waals surface area contributed by atoms with E-state index in [4.69, 9.17) is 9.94 Å². The van der Waals surface area contributed by atoms with Crippen LogP contribution >= 0.6 is 0 Å². The van der Waals surface area contributed by atoms with Crippen molar-refractivity contribution in [1.82, 2.24) is 15.2 Å². The van der Waals surface area contributed by atoms with Gasteiger partial charge in [0.2, 0.25) is 0 Å². The molecule has 0 spiro atoms. The second-order valence-electron chi connectivity index (χ2n) is 10.1. The molecular formula is C31H35N5O3. The highest BCUT2D eigenvalue weighted by molar-refractivity contribution is 6.01. The Bertz CT molecular complexity index is 1220. The fourth-order valence-electron chi connectivity index (χ4n) is 5.13. The van der Waals surface area contributed by atoms with E-state index in [9.17, 15) is 4.79 Å². The van der Waals surface area contributed by atoms with Crippen LogP contribution in [0.15, 0.2) is 95.2 Å². The molecule has 2 aliphatic rings. The topological polar surface area (TPSA) is 89.8 Å². The van der Waals surface area contributed by atoms with Crippen LogP contribution in [-0.2, 0) is 9.63 Å². The van der Waals surface area contributed by atoms with Crippen molar-refractivity contribution in [3.05, 3.63) is 107 Å². The van der Waals surface area contributed by atoms with Crippen LogP contribution in [0.2, 0.25) is 0 Å². The molecule has 0 saturated carbocycles. The molecular weight excluding hydrogens is 490 g/mol. The Labute approximate surface area is 229 Å². The third-order valence-corrected chi connectivity index (χ3v) is 7.27. The second-order valence-corrected chi connectivity index (χ2v) is 10.1. The number of rotatable bonds is 11. The number of oxime groups is 1. The van der Waals surface area contributed by atoms with Gasteiger partial charge >= 0.3 is 5.97 Å². The van der Waals surface area contributed by atoms with E-state index >= 15 is 0 Å². The zero-order valence-corrected chi connectivity index (χ0v) is 22.0. The van der Waals surface area contributed by atoms with Crippen molar-refractivity contribution in [3.63, 3.8) is 0 Å². The van der Waals surface area contributed by atoms with E-state index in [-0.39, 0.29) is 18.6 Å². The summed E-state index contributed by atoms with van der Waals surface area (Å²) in [7, 11) is 0. The Morgan fingerprint density at radius 2 is 1.56 bits per heavy atom. The van der Waals surface area contributed by atoms with Crippen LogP contribution in [0, 0.1) is 0 Å². The van der Waals surface area contributed by atoms with Gasteiger partial charge in [-0.1, -0.05) is 90.1 Å². The van der Waals surface area contributed by atoms with Crippen molar-refractivity contribution in [1.29, 1.82) is 0 Å². The summed E-state index contributed by atoms with van der Waals surface area (Å²) in [5, 5.41) is 17.8. The van der Waals surface area contributed by atoms with Gasteiger partial charge in [-0.25, -0.2) is 0 Å². The number of piperazine rings is 1. The Morgan fingerprint density at radius 3 is 2.18 bits per heavy atom. The molecule has 0 bridgehead atoms. The van der Waals surface area contributed by atoms with E-state index in [2.05, 4.69) is 81.2 Å². The van der Waals surface area contributed by atoms with Gasteiger partial charge in [0.15, 0.2) is 0 Å². The summed E-state index contributed by atoms with van der Waals surface area (Å²) in [4.78, 5) is 20.9. The van der Waals surface area contributed by atoms with Gasteiger partial charge in [-0.15, -0.1) is 0 Å². The molecule has 202 valence electrons. The highest BCUT2D eigenvalue weighted by Crippen LogP contribution is 2.24. The maximum atomic E-state index is 10.9. The van der Waals surface area contributed by atoms with Crippen LogP contribution in [0.1, 0.15) is 34.6 Å². The molecule has 3 aromatic rings. The van der Waals surface area contributed by atoms with Gasteiger partial charge in [0.25, 0.3) is 0 Å². The smallest absolute Gasteiger partial charge is 0.317 e. The lowest BCUT2D eigenvalue weighted by atomic mass is 9.91. The number of carboxylic acid groups (broad SMARTS) is 1. The highest BCUT2D eigenvalue weighted by Gasteiger charge is 2.27. The number of carboxylic acids is 1. The molecule has 1 unspecified atom stereocenters. The first-order valence-corrected chi connectivity index (χ1v) is 13.5. The van der Waals surface area contributed by atoms with Crippen molar-refractivity contribution in [2.75, 3.05) is 45.8 Å². The molecule has 1 fully saturated rings. The van der Waals surface area contributed by atoms with E-state index in [1.165, 1.54) is 11.1 Å². The van der Waals surface area contributed by atoms with E-state index < -0.39 is 5.97 Å². The molecule has 39 heavy (non-hydrogen) atoms. The lowest BCUT2D eigenvalue weighted by Gasteiger charge is -2.34. The molecule has 8 heteroatoms. The molecule has 8 nitrogen and oxygen atoms in total. The van der Waals surface area contributed by atoms with Crippen molar-refractivity contribution >= 4 is 17.9 Å². The monoisotopic (exact) mass is 525 g/mol. The molecule has 2 aliphatic heterocycles. The summed E-state index contributed by atoms with van der Waals surface area (Å²) in [5.74, 6) is -0.553. The van der Waals surface area contributed by atoms with Crippen LogP contribution in [-0.4, -0.2) is 84.7 Å². The third kappa shape index (κ3) is 7.52. The number of hydrogen-bond acceptors (Lipinski definition) is 7. The van der Waals surface area contributed by atoms with Crippen LogP contribution < -0.4 is 5.43 Å². The van der Waals surface area contributed by atoms with Crippen LogP contribution in [0.4, 0.5) is 0 Å². The molecule has 2 N–H and O–H groups in total. The summed E-state index contributed by atoms with van der Waals surface area (Å²) >= 11 is 0. The summed E-state index contributed by atoms with van der Waals surface area (Å²) in [6.45, 7) is 4.85. The predicted octanol–water partition coefficient (Wildman–Crippen LogP) is 3.64. The number of hydrazone groups is 1. The lowest BCUT2D eigenvalue weighted by molar-refractivity contribution is -0.138. The molecule has 3 aromatic carbocycles. The predicted molar refractivity (Wildman–Crippen MR) is 153 cm³/mol. The maximum Gasteiger partial charge on any atom is 0.317 e. The average Bonchev–Trinajstić information content (AvgIpc) is 3.43. The number of benzene rings is 3. The molecule has 0 radical (unpaired) electrons. The number of nitrogens with one attached hydrogen (secondary N) is 1. The molecule has 2 heterocycles. The zero-order chi connectivity index (χ0) is 26.9. The fraction of sp³-hybridized carbons (Fsp3) is 0.323. The maximum absolute atomic E-state index is 10.9. The van der Waals surface area contributed by atoms with Crippen molar-refractivity contribution < 1.29 is 14.7 Å². The van der Waals surface area contributed by atoms with Crippen LogP contribution in [0.25, 0.3) is 0 Å². The van der Waals surface area contributed by atoms with Crippen molar-refractivity contribution in [2.45, 2.75) is 18.4 Å². The Hall–Kier alpha value is -4.01. The SMILES string of the molecule is O=C(O)CN1CCN(CC2CC(c3ccc(/C=N/NCC(c4ccccc4)c4ccccc4)cc3)=NO2)CC1. The molecule has 1 atom stereocenters. The van der Waals surface area contributed by atoms with Gasteiger partial charge in [-0.2, -0.15) is 5.10 Å². The molecule has 0 aliphatic carbocycles. The number of nitrogens with zero attached hydrogens (tertiary/aromatic N) is 4. The van der Waals surface area contributed by atoms with Gasteiger partial charge in [0.05, 0.1) is 18.5 Å². The molecule has 1 saturated heterocycles. The Balaban J connectivity index is 1.09. The van der Waals surface area contributed by atoms with Gasteiger partial charge in [-0.3, -0.25) is 14.6 Å². The van der Waals surface area contributed by atoms with E-state index in [1.54, 1.807) is 0 Å². The van der Waals surface area contributed by atoms with Crippen LogP contribution in [0.3, 0.4) is 0 Å². The second kappa shape index (κ2) is 13.2. The van der Waals surface area contributed by atoms with Crippen LogP contribution in [0.5, 0.6) is 0 Å². The summed E-state index contributed by atoms with van der Waals surface area (Å²) in [6, 6.07) is 29.2. The standard InChI is InChI=1S/C31H35N5O3/c37-31(38)23-36-17-15-35(16-18-36)22-28-19-30(34-39-28)27-13-11-24(12-14-27)20-32-33-21-29(25-7-3-1-4-8-25)26-9-5-2-6-10-26/h1-14,20,28-29,33H,15-19,21-23H2,(H,37,38)/b32-20+. The lowest BCUT2D eigenvalue weighted by Crippen LogP contribution is -2.49. The van der Waals surface area contributed by atoms with Crippen molar-refractivity contribution in [3.8, 4) is 0 Å². The van der Waals surface area contributed by atoms with E-state index in [0.717, 1.165) is 56.0 Å². The largest absolute Gasteiger partial charge is 0.480 e. The summed E-state index contributed by atoms with van der Waals surface area (Å²) < 4.78 is 0. The van der Waals surface area contributed by atoms with E-state index in [0.29, 0.717) is 6.54 Å². The molecule has 0 amide bonds. The quantitative estimate of drug-likeness (QED) is 0.294. The number of aliphatic carboxylic acids is 1. The summed E-state index contributed by atoms with van der Waals surface area (Å²) in [6.07, 6.45) is 2.64. The number of carbonyl (C=O) groups is 1. The Kier molecular flexibility index (Phi) is 8.98. The minimum Gasteiger partial charge on any atom is -0.480 e. The minimum atomic E-state index is -0.770. The zero-order valence-electron chi connectivity index (χ0n) is 22.0. The van der Waals surface area contributed by atoms with Gasteiger partial charge in [0, 0.05) is 51.6 Å². The molecule has 5 rings (SSSR count). The minimum absolute atomic E-state index is 0.0265. The van der Waals surface area contributed by atoms with Gasteiger partial charge in [-0.05, 0) is 22.3 Å². The van der Waals surface area contributed by atoms with E-state index in [1.807, 2.05) is 35.4 Å². The first-order chi connectivity index (χ1) is 19.1. The average molecular weight is 526 g/mol. The molecule has 0 aromatic heterocycles. The van der Waals surface area contributed by atoms with Gasteiger partial charge < -0.3 is 15.4 Å². The Morgan fingerprint density at radius 1 is 0.949 bits per heavy atom. The number of hydrogen-bond donors (Lipinski definition) is 2. The summed E-state index contributed by atoms with van der Waals surface area (Å²) in [5.41, 5.74) is 8.79. The van der Waals surface area contributed by atoms with Crippen molar-refractivity contribution in [2.24, 2.45) is 10.3 Å². The fourth-order valence-corrected chi connectivity index (χ4v) is 5.13.